The maximum absolute atomic E-state index is 9.52. The fourth-order valence-electron chi connectivity index (χ4n) is 4.06. The SMILES string of the molecule is COc1ccc(-c2nc(CN3CCNC(CO)C3)n3c2cnc2[nH]ccc23)cc1. The lowest BCUT2D eigenvalue weighted by atomic mass is 10.1. The number of ether oxygens (including phenoxy) is 1. The maximum atomic E-state index is 9.52. The highest BCUT2D eigenvalue weighted by molar-refractivity contribution is 5.84. The molecule has 29 heavy (non-hydrogen) atoms. The van der Waals surface area contributed by atoms with Crippen LogP contribution in [-0.4, -0.2) is 68.8 Å². The number of fused-ring (bicyclic) bond motifs is 3. The molecule has 3 aromatic heterocycles. The van der Waals surface area contributed by atoms with Gasteiger partial charge in [-0.05, 0) is 30.3 Å². The van der Waals surface area contributed by atoms with Crippen molar-refractivity contribution in [2.24, 2.45) is 0 Å². The van der Waals surface area contributed by atoms with Crippen LogP contribution in [0.1, 0.15) is 5.82 Å². The van der Waals surface area contributed by atoms with E-state index in [2.05, 4.69) is 24.6 Å². The third kappa shape index (κ3) is 3.25. The molecular formula is C21H24N6O2. The Balaban J connectivity index is 1.61. The third-order valence-electron chi connectivity index (χ3n) is 5.53. The minimum absolute atomic E-state index is 0.102. The van der Waals surface area contributed by atoms with Crippen LogP contribution in [0.2, 0.25) is 0 Å². The van der Waals surface area contributed by atoms with Gasteiger partial charge in [-0.15, -0.1) is 0 Å². The lowest BCUT2D eigenvalue weighted by molar-refractivity contribution is 0.141. The first kappa shape index (κ1) is 18.1. The molecule has 150 valence electrons. The van der Waals surface area contributed by atoms with Gasteiger partial charge in [-0.1, -0.05) is 0 Å². The predicted octanol–water partition coefficient (Wildman–Crippen LogP) is 1.65. The number of piperazine rings is 1. The molecule has 8 nitrogen and oxygen atoms in total. The van der Waals surface area contributed by atoms with Gasteiger partial charge in [0.05, 0.1) is 43.2 Å². The zero-order valence-corrected chi connectivity index (χ0v) is 16.3. The van der Waals surface area contributed by atoms with Crippen molar-refractivity contribution in [2.75, 3.05) is 33.4 Å². The summed E-state index contributed by atoms with van der Waals surface area (Å²) in [6.07, 6.45) is 3.78. The highest BCUT2D eigenvalue weighted by Crippen LogP contribution is 2.29. The van der Waals surface area contributed by atoms with Crippen molar-refractivity contribution in [3.05, 3.63) is 48.5 Å². The van der Waals surface area contributed by atoms with Crippen LogP contribution in [0.5, 0.6) is 5.75 Å². The molecule has 1 saturated heterocycles. The van der Waals surface area contributed by atoms with E-state index in [1.807, 2.05) is 42.7 Å². The number of aliphatic hydroxyl groups excluding tert-OH is 1. The first-order chi connectivity index (χ1) is 14.3. The summed E-state index contributed by atoms with van der Waals surface area (Å²) < 4.78 is 7.48. The number of nitrogens with zero attached hydrogens (tertiary/aromatic N) is 4. The van der Waals surface area contributed by atoms with Gasteiger partial charge in [-0.3, -0.25) is 9.30 Å². The summed E-state index contributed by atoms with van der Waals surface area (Å²) in [6, 6.07) is 10.1. The number of benzene rings is 1. The number of imidazole rings is 1. The van der Waals surface area contributed by atoms with E-state index in [1.165, 1.54) is 0 Å². The zero-order valence-electron chi connectivity index (χ0n) is 16.3. The molecule has 0 amide bonds. The largest absolute Gasteiger partial charge is 0.497 e. The van der Waals surface area contributed by atoms with Gasteiger partial charge in [-0.25, -0.2) is 9.97 Å². The topological polar surface area (TPSA) is 90.7 Å². The fraction of sp³-hybridized carbons (Fsp3) is 0.333. The Kier molecular flexibility index (Phi) is 4.67. The second-order valence-electron chi connectivity index (χ2n) is 7.36. The quantitative estimate of drug-likeness (QED) is 0.479. The van der Waals surface area contributed by atoms with Gasteiger partial charge in [0.2, 0.25) is 0 Å². The molecule has 5 rings (SSSR count). The molecule has 0 bridgehead atoms. The van der Waals surface area contributed by atoms with E-state index in [9.17, 15) is 5.11 Å². The summed E-state index contributed by atoms with van der Waals surface area (Å²) in [7, 11) is 1.67. The Bertz CT molecular complexity index is 1130. The van der Waals surface area contributed by atoms with Crippen molar-refractivity contribution in [3.63, 3.8) is 0 Å². The maximum Gasteiger partial charge on any atom is 0.154 e. The molecule has 0 spiro atoms. The summed E-state index contributed by atoms with van der Waals surface area (Å²) in [5.41, 5.74) is 4.77. The molecule has 1 aliphatic rings. The molecule has 1 atom stereocenters. The number of hydrogen-bond donors (Lipinski definition) is 3. The van der Waals surface area contributed by atoms with Gasteiger partial charge in [0.1, 0.15) is 11.6 Å². The predicted molar refractivity (Wildman–Crippen MR) is 111 cm³/mol. The van der Waals surface area contributed by atoms with Crippen LogP contribution in [0.25, 0.3) is 27.9 Å². The van der Waals surface area contributed by atoms with Crippen LogP contribution in [0.15, 0.2) is 42.7 Å². The smallest absolute Gasteiger partial charge is 0.154 e. The molecule has 4 heterocycles. The molecule has 0 radical (unpaired) electrons. The van der Waals surface area contributed by atoms with E-state index in [-0.39, 0.29) is 12.6 Å². The van der Waals surface area contributed by atoms with Crippen molar-refractivity contribution in [3.8, 4) is 17.0 Å². The van der Waals surface area contributed by atoms with E-state index >= 15 is 0 Å². The Labute approximate surface area is 168 Å². The lowest BCUT2D eigenvalue weighted by Crippen LogP contribution is -2.51. The average molecular weight is 392 g/mol. The fourth-order valence-corrected chi connectivity index (χ4v) is 4.06. The van der Waals surface area contributed by atoms with Gasteiger partial charge in [-0.2, -0.15) is 0 Å². The summed E-state index contributed by atoms with van der Waals surface area (Å²) in [5.74, 6) is 1.79. The van der Waals surface area contributed by atoms with Crippen molar-refractivity contribution in [2.45, 2.75) is 12.6 Å². The van der Waals surface area contributed by atoms with Gasteiger partial charge >= 0.3 is 0 Å². The first-order valence-corrected chi connectivity index (χ1v) is 9.81. The number of aromatic amines is 1. The van der Waals surface area contributed by atoms with E-state index in [4.69, 9.17) is 9.72 Å². The van der Waals surface area contributed by atoms with Crippen LogP contribution in [0.3, 0.4) is 0 Å². The molecule has 1 fully saturated rings. The average Bonchev–Trinajstić information content (AvgIpc) is 3.38. The van der Waals surface area contributed by atoms with E-state index in [1.54, 1.807) is 7.11 Å². The van der Waals surface area contributed by atoms with Crippen molar-refractivity contribution in [1.29, 1.82) is 0 Å². The second kappa shape index (κ2) is 7.47. The van der Waals surface area contributed by atoms with Crippen LogP contribution >= 0.6 is 0 Å². The highest BCUT2D eigenvalue weighted by atomic mass is 16.5. The Hall–Kier alpha value is -2.94. The summed E-state index contributed by atoms with van der Waals surface area (Å²) >= 11 is 0. The Morgan fingerprint density at radius 2 is 2.07 bits per heavy atom. The molecule has 1 aliphatic heterocycles. The summed E-state index contributed by atoms with van der Waals surface area (Å²) in [4.78, 5) is 15.1. The lowest BCUT2D eigenvalue weighted by Gasteiger charge is -2.32. The number of H-pyrrole nitrogens is 1. The number of methoxy groups -OCH3 is 1. The molecule has 1 unspecified atom stereocenters. The number of aromatic nitrogens is 4. The molecule has 0 aliphatic carbocycles. The zero-order chi connectivity index (χ0) is 19.8. The van der Waals surface area contributed by atoms with Crippen LogP contribution in [0, 0.1) is 0 Å². The Morgan fingerprint density at radius 1 is 1.21 bits per heavy atom. The number of hydrogen-bond acceptors (Lipinski definition) is 6. The number of rotatable bonds is 5. The van der Waals surface area contributed by atoms with E-state index < -0.39 is 0 Å². The molecular weight excluding hydrogens is 368 g/mol. The van der Waals surface area contributed by atoms with Crippen LogP contribution in [0.4, 0.5) is 0 Å². The molecule has 4 aromatic rings. The Morgan fingerprint density at radius 3 is 2.86 bits per heavy atom. The van der Waals surface area contributed by atoms with Gasteiger partial charge in [0.15, 0.2) is 5.65 Å². The minimum atomic E-state index is 0.102. The second-order valence-corrected chi connectivity index (χ2v) is 7.36. The molecule has 3 N–H and O–H groups in total. The van der Waals surface area contributed by atoms with Crippen molar-refractivity contribution in [1.82, 2.24) is 29.6 Å². The van der Waals surface area contributed by atoms with Crippen molar-refractivity contribution >= 4 is 16.7 Å². The normalized spacial score (nSPS) is 17.9. The molecule has 0 saturated carbocycles. The minimum Gasteiger partial charge on any atom is -0.497 e. The van der Waals surface area contributed by atoms with Gasteiger partial charge in [0, 0.05) is 37.4 Å². The van der Waals surface area contributed by atoms with Gasteiger partial charge in [0.25, 0.3) is 0 Å². The van der Waals surface area contributed by atoms with E-state index in [0.29, 0.717) is 6.54 Å². The number of nitrogens with one attached hydrogen (secondary N) is 2. The van der Waals surface area contributed by atoms with Gasteiger partial charge < -0.3 is 20.1 Å². The van der Waals surface area contributed by atoms with Crippen LogP contribution in [-0.2, 0) is 6.54 Å². The molecule has 1 aromatic carbocycles. The first-order valence-electron chi connectivity index (χ1n) is 9.81. The standard InChI is InChI=1S/C21H24N6O2/c1-29-16-4-2-14(3-5-16)20-18-10-24-21-17(6-7-23-21)27(18)19(25-20)12-26-9-8-22-15(11-26)13-28/h2-7,10,15,22-23,28H,8-9,11-13H2,1H3. The highest BCUT2D eigenvalue weighted by Gasteiger charge is 2.22. The van der Waals surface area contributed by atoms with Crippen LogP contribution < -0.4 is 10.1 Å². The van der Waals surface area contributed by atoms with E-state index in [0.717, 1.165) is 59.1 Å². The third-order valence-corrected chi connectivity index (χ3v) is 5.53. The van der Waals surface area contributed by atoms with Crippen molar-refractivity contribution < 1.29 is 9.84 Å². The number of aliphatic hydroxyl groups is 1. The monoisotopic (exact) mass is 392 g/mol. The molecule has 8 heteroatoms. The summed E-state index contributed by atoms with van der Waals surface area (Å²) in [5, 5.41) is 12.9. The summed E-state index contributed by atoms with van der Waals surface area (Å²) in [6.45, 7) is 3.43.